The number of aryl methyl sites for hydroxylation is 1. The molecule has 0 radical (unpaired) electrons. The molecule has 0 saturated carbocycles. The number of para-hydroxylation sites is 1. The number of nitrogens with zero attached hydrogens (tertiary/aromatic N) is 4. The minimum Gasteiger partial charge on any atom is -0.368 e. The topological polar surface area (TPSA) is 84.9 Å². The first kappa shape index (κ1) is 18.5. The van der Waals surface area contributed by atoms with E-state index in [9.17, 15) is 9.59 Å². The average Bonchev–Trinajstić information content (AvgIpc) is 2.88. The standard InChI is InChI=1S/C20H22N4O4/c1-15-21-9-16(10-22-15)19(26)23-7-8-28-20(12-23)13-24(18(25)11-27-14-20)17-5-3-2-4-6-17/h2-6,9-10H,7-8,11-14H2,1H3. The van der Waals surface area contributed by atoms with Crippen molar-refractivity contribution >= 4 is 17.5 Å². The lowest BCUT2D eigenvalue weighted by Crippen LogP contribution is -2.60. The molecule has 2 fully saturated rings. The number of rotatable bonds is 2. The van der Waals surface area contributed by atoms with Crippen molar-refractivity contribution in [3.05, 3.63) is 54.1 Å². The zero-order chi connectivity index (χ0) is 19.6. The summed E-state index contributed by atoms with van der Waals surface area (Å²) < 4.78 is 11.7. The van der Waals surface area contributed by atoms with Gasteiger partial charge < -0.3 is 19.3 Å². The highest BCUT2D eigenvalue weighted by Crippen LogP contribution is 2.27. The minimum atomic E-state index is -0.776. The van der Waals surface area contributed by atoms with Crippen molar-refractivity contribution in [2.45, 2.75) is 12.5 Å². The van der Waals surface area contributed by atoms with Gasteiger partial charge in [-0.25, -0.2) is 9.97 Å². The summed E-state index contributed by atoms with van der Waals surface area (Å²) in [6, 6.07) is 9.43. The fraction of sp³-hybridized carbons (Fsp3) is 0.400. The molecule has 8 nitrogen and oxygen atoms in total. The summed E-state index contributed by atoms with van der Waals surface area (Å²) >= 11 is 0. The molecule has 1 spiro atoms. The van der Waals surface area contributed by atoms with Crippen LogP contribution < -0.4 is 4.90 Å². The molecule has 0 aliphatic carbocycles. The van der Waals surface area contributed by atoms with E-state index in [4.69, 9.17) is 9.47 Å². The fourth-order valence-electron chi connectivity index (χ4n) is 3.55. The first-order valence-electron chi connectivity index (χ1n) is 9.21. The molecule has 2 aliphatic heterocycles. The number of anilines is 1. The van der Waals surface area contributed by atoms with Crippen molar-refractivity contribution in [2.75, 3.05) is 44.4 Å². The van der Waals surface area contributed by atoms with Crippen molar-refractivity contribution in [3.63, 3.8) is 0 Å². The Kier molecular flexibility index (Phi) is 5.06. The summed E-state index contributed by atoms with van der Waals surface area (Å²) in [4.78, 5) is 37.1. The van der Waals surface area contributed by atoms with Gasteiger partial charge in [-0.2, -0.15) is 0 Å². The van der Waals surface area contributed by atoms with E-state index < -0.39 is 5.60 Å². The zero-order valence-electron chi connectivity index (χ0n) is 15.7. The number of hydrogen-bond donors (Lipinski definition) is 0. The van der Waals surface area contributed by atoms with Crippen LogP contribution in [-0.4, -0.2) is 71.7 Å². The van der Waals surface area contributed by atoms with Gasteiger partial charge in [-0.05, 0) is 19.1 Å². The summed E-state index contributed by atoms with van der Waals surface area (Å²) in [5.41, 5.74) is 0.450. The second-order valence-electron chi connectivity index (χ2n) is 7.09. The van der Waals surface area contributed by atoms with Gasteiger partial charge in [0.2, 0.25) is 0 Å². The second-order valence-corrected chi connectivity index (χ2v) is 7.09. The number of benzene rings is 1. The molecule has 1 atom stereocenters. The lowest BCUT2D eigenvalue weighted by atomic mass is 10.0. The van der Waals surface area contributed by atoms with Gasteiger partial charge in [-0.1, -0.05) is 18.2 Å². The lowest BCUT2D eigenvalue weighted by Gasteiger charge is -2.43. The molecule has 0 N–H and O–H groups in total. The van der Waals surface area contributed by atoms with Gasteiger partial charge in [0, 0.05) is 24.6 Å². The molecule has 1 unspecified atom stereocenters. The van der Waals surface area contributed by atoms with Gasteiger partial charge in [0.1, 0.15) is 18.0 Å². The van der Waals surface area contributed by atoms with Crippen LogP contribution in [0.1, 0.15) is 16.2 Å². The Bertz CT molecular complexity index is 858. The number of carbonyl (C=O) groups excluding carboxylic acids is 2. The molecule has 1 aromatic carbocycles. The molecule has 1 aromatic heterocycles. The number of carbonyl (C=O) groups is 2. The highest BCUT2D eigenvalue weighted by Gasteiger charge is 2.43. The van der Waals surface area contributed by atoms with E-state index >= 15 is 0 Å². The van der Waals surface area contributed by atoms with E-state index in [0.29, 0.717) is 37.6 Å². The first-order chi connectivity index (χ1) is 13.6. The van der Waals surface area contributed by atoms with Crippen LogP contribution in [0.25, 0.3) is 0 Å². The van der Waals surface area contributed by atoms with Gasteiger partial charge in [0.05, 0.1) is 31.9 Å². The smallest absolute Gasteiger partial charge is 0.257 e. The van der Waals surface area contributed by atoms with E-state index in [1.54, 1.807) is 16.7 Å². The number of morpholine rings is 1. The molecule has 146 valence electrons. The van der Waals surface area contributed by atoms with Crippen LogP contribution in [-0.2, 0) is 14.3 Å². The van der Waals surface area contributed by atoms with E-state index in [0.717, 1.165) is 5.69 Å². The highest BCUT2D eigenvalue weighted by molar-refractivity contribution is 5.95. The van der Waals surface area contributed by atoms with Crippen LogP contribution in [0.2, 0.25) is 0 Å². The second kappa shape index (κ2) is 7.65. The SMILES string of the molecule is Cc1ncc(C(=O)N2CCOC3(COCC(=O)N(c4ccccc4)C3)C2)cn1. The Morgan fingerprint density at radius 3 is 2.64 bits per heavy atom. The summed E-state index contributed by atoms with van der Waals surface area (Å²) in [6.45, 7) is 3.50. The maximum absolute atomic E-state index is 12.9. The van der Waals surface area contributed by atoms with Gasteiger partial charge in [-0.3, -0.25) is 9.59 Å². The number of ether oxygens (including phenoxy) is 2. The Balaban J connectivity index is 1.56. The van der Waals surface area contributed by atoms with Crippen LogP contribution in [0.5, 0.6) is 0 Å². The Hall–Kier alpha value is -2.84. The highest BCUT2D eigenvalue weighted by atomic mass is 16.5. The molecule has 2 aromatic rings. The van der Waals surface area contributed by atoms with Gasteiger partial charge >= 0.3 is 0 Å². The average molecular weight is 382 g/mol. The van der Waals surface area contributed by atoms with Crippen molar-refractivity contribution in [1.29, 1.82) is 0 Å². The van der Waals surface area contributed by atoms with E-state index in [-0.39, 0.29) is 25.0 Å². The monoisotopic (exact) mass is 382 g/mol. The predicted octanol–water partition coefficient (Wildman–Crippen LogP) is 1.06. The van der Waals surface area contributed by atoms with Crippen LogP contribution in [0.4, 0.5) is 5.69 Å². The molecule has 0 bridgehead atoms. The van der Waals surface area contributed by atoms with Crippen molar-refractivity contribution in [1.82, 2.24) is 14.9 Å². The normalized spacial score (nSPS) is 23.0. The number of hydrogen-bond acceptors (Lipinski definition) is 6. The van der Waals surface area contributed by atoms with Crippen LogP contribution in [0.3, 0.4) is 0 Å². The largest absolute Gasteiger partial charge is 0.368 e. The third-order valence-electron chi connectivity index (χ3n) is 4.97. The van der Waals surface area contributed by atoms with Crippen LogP contribution >= 0.6 is 0 Å². The van der Waals surface area contributed by atoms with Crippen molar-refractivity contribution in [3.8, 4) is 0 Å². The van der Waals surface area contributed by atoms with E-state index in [1.807, 2.05) is 30.3 Å². The Morgan fingerprint density at radius 2 is 1.89 bits per heavy atom. The quantitative estimate of drug-likeness (QED) is 0.772. The van der Waals surface area contributed by atoms with Crippen LogP contribution in [0.15, 0.2) is 42.7 Å². The summed E-state index contributed by atoms with van der Waals surface area (Å²) in [7, 11) is 0. The zero-order valence-corrected chi connectivity index (χ0v) is 15.7. The molecule has 2 saturated heterocycles. The fourth-order valence-corrected chi connectivity index (χ4v) is 3.55. The Labute approximate surface area is 163 Å². The third-order valence-corrected chi connectivity index (χ3v) is 4.97. The molecule has 2 aliphatic rings. The van der Waals surface area contributed by atoms with Gasteiger partial charge in [0.25, 0.3) is 11.8 Å². The molecular weight excluding hydrogens is 360 g/mol. The molecule has 4 rings (SSSR count). The molecule has 28 heavy (non-hydrogen) atoms. The molecular formula is C20H22N4O4. The maximum atomic E-state index is 12.9. The molecule has 3 heterocycles. The van der Waals surface area contributed by atoms with E-state index in [2.05, 4.69) is 9.97 Å². The number of amides is 2. The number of aromatic nitrogens is 2. The van der Waals surface area contributed by atoms with Crippen molar-refractivity contribution in [2.24, 2.45) is 0 Å². The summed E-state index contributed by atoms with van der Waals surface area (Å²) in [5, 5.41) is 0. The first-order valence-corrected chi connectivity index (χ1v) is 9.21. The van der Waals surface area contributed by atoms with Gasteiger partial charge in [-0.15, -0.1) is 0 Å². The van der Waals surface area contributed by atoms with Crippen LogP contribution in [0, 0.1) is 6.92 Å². The molecule has 2 amide bonds. The maximum Gasteiger partial charge on any atom is 0.257 e. The van der Waals surface area contributed by atoms with Gasteiger partial charge in [0.15, 0.2) is 0 Å². The van der Waals surface area contributed by atoms with E-state index in [1.165, 1.54) is 12.4 Å². The summed E-state index contributed by atoms with van der Waals surface area (Å²) in [5.74, 6) is 0.343. The predicted molar refractivity (Wildman–Crippen MR) is 101 cm³/mol. The molecule has 8 heteroatoms. The summed E-state index contributed by atoms with van der Waals surface area (Å²) in [6.07, 6.45) is 3.08. The third kappa shape index (κ3) is 3.74. The lowest BCUT2D eigenvalue weighted by molar-refractivity contribution is -0.128. The van der Waals surface area contributed by atoms with Crippen molar-refractivity contribution < 1.29 is 19.1 Å². The minimum absolute atomic E-state index is 0.0141. The Morgan fingerprint density at radius 1 is 1.14 bits per heavy atom.